The third-order valence-electron chi connectivity index (χ3n) is 3.18. The summed E-state index contributed by atoms with van der Waals surface area (Å²) in [5.74, 6) is 0.580. The number of halogens is 1. The van der Waals surface area contributed by atoms with Crippen LogP contribution in [0.25, 0.3) is 0 Å². The van der Waals surface area contributed by atoms with Crippen molar-refractivity contribution in [3.05, 3.63) is 35.7 Å². The summed E-state index contributed by atoms with van der Waals surface area (Å²) in [6.45, 7) is 2.10. The van der Waals surface area contributed by atoms with E-state index < -0.39 is 0 Å². The van der Waals surface area contributed by atoms with Gasteiger partial charge in [-0.3, -0.25) is 4.79 Å². The number of hydrogen-bond acceptors (Lipinski definition) is 3. The number of anilines is 1. The minimum atomic E-state index is -0.0945. The Morgan fingerprint density at radius 3 is 3.11 bits per heavy atom. The van der Waals surface area contributed by atoms with Gasteiger partial charge in [0.05, 0.1) is 6.33 Å². The smallest absolute Gasteiger partial charge is 0.227 e. The van der Waals surface area contributed by atoms with Gasteiger partial charge in [-0.05, 0) is 18.6 Å². The number of nitrogens with one attached hydrogen (secondary N) is 1. The van der Waals surface area contributed by atoms with Gasteiger partial charge in [0.2, 0.25) is 5.91 Å². The molecule has 4 nitrogen and oxygen atoms in total. The van der Waals surface area contributed by atoms with Crippen LogP contribution in [0.2, 0.25) is 0 Å². The number of hydrogen-bond donors (Lipinski definition) is 2. The largest absolute Gasteiger partial charge is 0.489 e. The van der Waals surface area contributed by atoms with Crippen LogP contribution in [-0.4, -0.2) is 19.1 Å². The van der Waals surface area contributed by atoms with Crippen molar-refractivity contribution in [2.45, 2.75) is 13.3 Å². The molecule has 1 aromatic carbocycles. The van der Waals surface area contributed by atoms with Crippen molar-refractivity contribution in [2.24, 2.45) is 11.7 Å². The zero-order valence-corrected chi connectivity index (χ0v) is 10.8. The molecule has 1 amide bonds. The van der Waals surface area contributed by atoms with Gasteiger partial charge < -0.3 is 15.8 Å². The summed E-state index contributed by atoms with van der Waals surface area (Å²) in [6, 6.07) is 5.45. The maximum atomic E-state index is 12.4. The molecule has 0 spiro atoms. The van der Waals surface area contributed by atoms with Gasteiger partial charge in [0.15, 0.2) is 0 Å². The lowest BCUT2D eigenvalue weighted by Gasteiger charge is -2.24. The Balaban J connectivity index is 2.19. The van der Waals surface area contributed by atoms with E-state index in [2.05, 4.69) is 5.32 Å². The van der Waals surface area contributed by atoms with Gasteiger partial charge >= 0.3 is 0 Å². The maximum absolute atomic E-state index is 12.4. The lowest BCUT2D eigenvalue weighted by atomic mass is 9.94. The van der Waals surface area contributed by atoms with Gasteiger partial charge in [0.1, 0.15) is 12.4 Å². The molecule has 0 aliphatic carbocycles. The van der Waals surface area contributed by atoms with Gasteiger partial charge in [-0.2, -0.15) is 0 Å². The highest BCUT2D eigenvalue weighted by Crippen LogP contribution is 2.33. The predicted octanol–water partition coefficient (Wildman–Crippen LogP) is 2.01. The Hall–Kier alpha value is -1.88. The van der Waals surface area contributed by atoms with E-state index in [1.807, 2.05) is 19.1 Å². The Labute approximate surface area is 111 Å². The molecule has 1 unspecified atom stereocenters. The normalized spacial score (nSPS) is 18.8. The first-order valence-electron chi connectivity index (χ1n) is 6.19. The highest BCUT2D eigenvalue weighted by Gasteiger charge is 2.24. The zero-order chi connectivity index (χ0) is 13.8. The van der Waals surface area contributed by atoms with Crippen molar-refractivity contribution >= 4 is 11.6 Å². The summed E-state index contributed by atoms with van der Waals surface area (Å²) in [5.41, 5.74) is 7.49. The summed E-state index contributed by atoms with van der Waals surface area (Å²) < 4.78 is 18.0. The maximum Gasteiger partial charge on any atom is 0.227 e. The number of carbonyl (C=O) groups is 1. The Bertz CT molecular complexity index is 514. The Kier molecular flexibility index (Phi) is 4.16. The summed E-state index contributed by atoms with van der Waals surface area (Å²) in [4.78, 5) is 11.6. The minimum absolute atomic E-state index is 0.0101. The quantitative estimate of drug-likeness (QED) is 0.874. The van der Waals surface area contributed by atoms with Crippen LogP contribution in [0.3, 0.4) is 0 Å². The van der Waals surface area contributed by atoms with E-state index in [1.54, 1.807) is 6.07 Å². The molecule has 2 rings (SSSR count). The summed E-state index contributed by atoms with van der Waals surface area (Å²) in [6.07, 6.45) is 1.09. The number of rotatable bonds is 4. The van der Waals surface area contributed by atoms with Crippen LogP contribution in [0.1, 0.15) is 12.5 Å². The van der Waals surface area contributed by atoms with Crippen molar-refractivity contribution in [1.29, 1.82) is 0 Å². The fourth-order valence-corrected chi connectivity index (χ4v) is 1.99. The molecule has 3 N–H and O–H groups in total. The number of amides is 1. The van der Waals surface area contributed by atoms with Crippen molar-refractivity contribution in [3.63, 3.8) is 0 Å². The molecule has 0 saturated carbocycles. The van der Waals surface area contributed by atoms with Crippen LogP contribution >= 0.6 is 0 Å². The lowest BCUT2D eigenvalue weighted by Crippen LogP contribution is -2.28. The fraction of sp³-hybridized carbons (Fsp3) is 0.357. The van der Waals surface area contributed by atoms with Gasteiger partial charge in [-0.25, -0.2) is 4.39 Å². The molecule has 0 saturated heterocycles. The molecule has 19 heavy (non-hydrogen) atoms. The molecular formula is C14H17FN2O2. The second kappa shape index (κ2) is 5.84. The Morgan fingerprint density at radius 1 is 1.63 bits per heavy atom. The molecule has 1 aliphatic heterocycles. The topological polar surface area (TPSA) is 64.3 Å². The van der Waals surface area contributed by atoms with Crippen molar-refractivity contribution in [1.82, 2.24) is 0 Å². The van der Waals surface area contributed by atoms with E-state index in [0.717, 1.165) is 11.3 Å². The van der Waals surface area contributed by atoms with Gasteiger partial charge in [-0.15, -0.1) is 0 Å². The van der Waals surface area contributed by atoms with Crippen molar-refractivity contribution in [3.8, 4) is 5.75 Å². The molecule has 0 fully saturated rings. The molecule has 0 radical (unpaired) electrons. The van der Waals surface area contributed by atoms with Crippen LogP contribution in [0, 0.1) is 5.92 Å². The molecule has 1 aliphatic rings. The first-order chi connectivity index (χ1) is 9.15. The van der Waals surface area contributed by atoms with Crippen LogP contribution in [0.15, 0.2) is 30.1 Å². The molecule has 0 bridgehead atoms. The van der Waals surface area contributed by atoms with Crippen LogP contribution < -0.4 is 15.8 Å². The summed E-state index contributed by atoms with van der Waals surface area (Å²) in [7, 11) is 0. The second-order valence-electron chi connectivity index (χ2n) is 4.64. The highest BCUT2D eigenvalue weighted by molar-refractivity contribution is 5.96. The fourth-order valence-electron chi connectivity index (χ4n) is 1.99. The summed E-state index contributed by atoms with van der Waals surface area (Å²) in [5, 5.41) is 2.83. The van der Waals surface area contributed by atoms with Crippen molar-refractivity contribution < 1.29 is 13.9 Å². The van der Waals surface area contributed by atoms with E-state index in [4.69, 9.17) is 10.5 Å². The molecule has 1 atom stereocenters. The minimum Gasteiger partial charge on any atom is -0.489 e. The van der Waals surface area contributed by atoms with Gasteiger partial charge in [-0.1, -0.05) is 13.0 Å². The first kappa shape index (κ1) is 13.5. The predicted molar refractivity (Wildman–Crippen MR) is 71.7 cm³/mol. The molecule has 1 heterocycles. The molecule has 5 heteroatoms. The third-order valence-corrected chi connectivity index (χ3v) is 3.18. The monoisotopic (exact) mass is 264 g/mol. The molecule has 1 aromatic rings. The van der Waals surface area contributed by atoms with Crippen LogP contribution in [-0.2, 0) is 11.2 Å². The van der Waals surface area contributed by atoms with Gasteiger partial charge in [0.25, 0.3) is 0 Å². The van der Waals surface area contributed by atoms with E-state index in [0.29, 0.717) is 24.1 Å². The van der Waals surface area contributed by atoms with Crippen molar-refractivity contribution in [2.75, 3.05) is 18.5 Å². The Morgan fingerprint density at radius 2 is 2.42 bits per heavy atom. The average Bonchev–Trinajstić information content (AvgIpc) is 2.41. The third kappa shape index (κ3) is 2.93. The average molecular weight is 264 g/mol. The number of carbonyl (C=O) groups excluding carboxylic acids is 1. The number of fused-ring (bicyclic) bond motifs is 1. The van der Waals surface area contributed by atoms with Crippen LogP contribution in [0.5, 0.6) is 5.75 Å². The highest BCUT2D eigenvalue weighted by atomic mass is 19.1. The zero-order valence-electron chi connectivity index (χ0n) is 10.8. The van der Waals surface area contributed by atoms with E-state index >= 15 is 0 Å². The molecule has 102 valence electrons. The number of benzene rings is 1. The van der Waals surface area contributed by atoms with Gasteiger partial charge in [0, 0.05) is 29.3 Å². The van der Waals surface area contributed by atoms with E-state index in [-0.39, 0.29) is 25.0 Å². The van der Waals surface area contributed by atoms with E-state index in [1.165, 1.54) is 0 Å². The molecular weight excluding hydrogens is 247 g/mol. The lowest BCUT2D eigenvalue weighted by molar-refractivity contribution is -0.119. The second-order valence-corrected chi connectivity index (χ2v) is 4.64. The standard InChI is InChI=1S/C14H17FN2O2/c1-9-5-11-12(17-14(9)18)3-2-4-13(11)19-8-10(6-15)7-16/h2-4,6,9H,5,7-8,16H2,1H3,(H,17,18)/b10-6+. The van der Waals surface area contributed by atoms with E-state index in [9.17, 15) is 9.18 Å². The SMILES string of the molecule is CC1Cc2c(cccc2OC/C(=C/F)CN)NC1=O. The molecule has 0 aromatic heterocycles. The summed E-state index contributed by atoms with van der Waals surface area (Å²) >= 11 is 0. The first-order valence-corrected chi connectivity index (χ1v) is 6.19. The number of nitrogens with two attached hydrogens (primary N) is 1. The van der Waals surface area contributed by atoms with Crippen LogP contribution in [0.4, 0.5) is 10.1 Å². The number of ether oxygens (including phenoxy) is 1.